The van der Waals surface area contributed by atoms with Gasteiger partial charge in [-0.25, -0.2) is 0 Å². The van der Waals surface area contributed by atoms with Crippen LogP contribution in [0.2, 0.25) is 0 Å². The van der Waals surface area contributed by atoms with Crippen molar-refractivity contribution in [1.82, 2.24) is 4.90 Å². The van der Waals surface area contributed by atoms with E-state index in [-0.39, 0.29) is 5.78 Å². The van der Waals surface area contributed by atoms with Crippen LogP contribution in [0.5, 0.6) is 0 Å². The molecular formula is C25H29N2O2P. The summed E-state index contributed by atoms with van der Waals surface area (Å²) in [5, 5.41) is 1.79. The van der Waals surface area contributed by atoms with Crippen LogP contribution in [0.15, 0.2) is 84.9 Å². The fourth-order valence-electron chi connectivity index (χ4n) is 4.15. The first-order valence-corrected chi connectivity index (χ1v) is 12.2. The van der Waals surface area contributed by atoms with Gasteiger partial charge in [0.05, 0.1) is 19.0 Å². The highest BCUT2D eigenvalue weighted by molar-refractivity contribution is 7.78. The highest BCUT2D eigenvalue weighted by atomic mass is 31.2. The van der Waals surface area contributed by atoms with E-state index in [0.29, 0.717) is 13.2 Å². The molecule has 0 spiro atoms. The Labute approximate surface area is 179 Å². The summed E-state index contributed by atoms with van der Waals surface area (Å²) in [7, 11) is 1.06. The monoisotopic (exact) mass is 420 g/mol. The van der Waals surface area contributed by atoms with Gasteiger partial charge in [0.1, 0.15) is 0 Å². The van der Waals surface area contributed by atoms with Crippen molar-refractivity contribution in [2.45, 2.75) is 5.78 Å². The molecule has 1 saturated heterocycles. The van der Waals surface area contributed by atoms with Gasteiger partial charge in [-0.05, 0) is 17.7 Å². The second-order valence-electron chi connectivity index (χ2n) is 7.84. The first kappa shape index (κ1) is 20.9. The van der Waals surface area contributed by atoms with Crippen LogP contribution in [-0.4, -0.2) is 45.3 Å². The zero-order chi connectivity index (χ0) is 21.0. The summed E-state index contributed by atoms with van der Waals surface area (Å²) in [6.45, 7) is 2.86. The van der Waals surface area contributed by atoms with Gasteiger partial charge in [0.15, 0.2) is 7.14 Å². The van der Waals surface area contributed by atoms with Crippen molar-refractivity contribution < 1.29 is 9.30 Å². The number of nitrogens with zero attached hydrogens (tertiary/aromatic N) is 2. The minimum atomic E-state index is -3.01. The van der Waals surface area contributed by atoms with E-state index < -0.39 is 7.14 Å². The van der Waals surface area contributed by atoms with Gasteiger partial charge < -0.3 is 14.2 Å². The molecule has 1 fully saturated rings. The molecule has 1 aliphatic heterocycles. The van der Waals surface area contributed by atoms with Gasteiger partial charge in [0.25, 0.3) is 0 Å². The van der Waals surface area contributed by atoms with E-state index in [9.17, 15) is 0 Å². The Balaban J connectivity index is 1.90. The van der Waals surface area contributed by atoms with Crippen molar-refractivity contribution >= 4 is 23.4 Å². The number of anilines is 1. The molecule has 1 aliphatic rings. The van der Waals surface area contributed by atoms with E-state index in [2.05, 4.69) is 34.1 Å². The summed E-state index contributed by atoms with van der Waals surface area (Å²) in [4.78, 5) is 4.43. The third-order valence-electron chi connectivity index (χ3n) is 5.72. The third-order valence-corrected chi connectivity index (χ3v) is 9.17. The van der Waals surface area contributed by atoms with Crippen LogP contribution in [0.3, 0.4) is 0 Å². The van der Waals surface area contributed by atoms with Gasteiger partial charge in [-0.2, -0.15) is 0 Å². The van der Waals surface area contributed by atoms with Gasteiger partial charge in [0.2, 0.25) is 0 Å². The Kier molecular flexibility index (Phi) is 6.38. The number of benzene rings is 3. The highest BCUT2D eigenvalue weighted by Crippen LogP contribution is 2.58. The molecule has 156 valence electrons. The summed E-state index contributed by atoms with van der Waals surface area (Å²) < 4.78 is 20.8. The average molecular weight is 420 g/mol. The molecule has 0 aliphatic carbocycles. The van der Waals surface area contributed by atoms with E-state index in [1.165, 1.54) is 0 Å². The topological polar surface area (TPSA) is 32.8 Å². The summed E-state index contributed by atoms with van der Waals surface area (Å²) in [5.74, 6) is -0.234. The van der Waals surface area contributed by atoms with E-state index in [1.807, 2.05) is 74.8 Å². The van der Waals surface area contributed by atoms with Gasteiger partial charge >= 0.3 is 0 Å². The fourth-order valence-corrected chi connectivity index (χ4v) is 7.52. The van der Waals surface area contributed by atoms with Crippen LogP contribution in [-0.2, 0) is 9.30 Å². The van der Waals surface area contributed by atoms with Crippen molar-refractivity contribution in [2.75, 3.05) is 45.3 Å². The van der Waals surface area contributed by atoms with Gasteiger partial charge in [0, 0.05) is 43.5 Å². The summed E-state index contributed by atoms with van der Waals surface area (Å²) in [6, 6.07) is 28.4. The molecule has 0 aromatic heterocycles. The smallest absolute Gasteiger partial charge is 0.163 e. The van der Waals surface area contributed by atoms with Crippen molar-refractivity contribution in [2.24, 2.45) is 0 Å². The van der Waals surface area contributed by atoms with Crippen LogP contribution in [0.25, 0.3) is 0 Å². The van der Waals surface area contributed by atoms with E-state index in [4.69, 9.17) is 4.74 Å². The normalized spacial score (nSPS) is 16.2. The van der Waals surface area contributed by atoms with Crippen molar-refractivity contribution in [3.8, 4) is 0 Å². The van der Waals surface area contributed by atoms with Gasteiger partial charge in [-0.15, -0.1) is 0 Å². The second-order valence-corrected chi connectivity index (χ2v) is 10.7. The lowest BCUT2D eigenvalue weighted by Gasteiger charge is -2.40. The molecule has 3 aromatic carbocycles. The molecular weight excluding hydrogens is 391 g/mol. The number of rotatable bonds is 6. The maximum absolute atomic E-state index is 15.1. The van der Waals surface area contributed by atoms with Crippen LogP contribution in [0.1, 0.15) is 11.3 Å². The highest BCUT2D eigenvalue weighted by Gasteiger charge is 2.41. The Hall–Kier alpha value is -2.39. The molecule has 4 rings (SSSR count). The minimum absolute atomic E-state index is 0.234. The number of ether oxygens (including phenoxy) is 1. The van der Waals surface area contributed by atoms with Gasteiger partial charge in [-0.3, -0.25) is 4.90 Å². The molecule has 0 amide bonds. The molecule has 5 heteroatoms. The predicted octanol–water partition coefficient (Wildman–Crippen LogP) is 4.10. The lowest BCUT2D eigenvalue weighted by Crippen LogP contribution is -2.41. The quantitative estimate of drug-likeness (QED) is 0.562. The first-order chi connectivity index (χ1) is 14.6. The van der Waals surface area contributed by atoms with Crippen molar-refractivity contribution in [3.05, 3.63) is 90.5 Å². The standard InChI is InChI=1S/C25H29N2O2P/c1-26(2)22-15-13-21(14-16-22)25(27-17-19-29-20-18-27)30(28,23-9-5-3-6-10-23)24-11-7-4-8-12-24/h3-16,25H,17-20H2,1-2H3/t25-/m1/s1. The fraction of sp³-hybridized carbons (Fsp3) is 0.280. The first-order valence-electron chi connectivity index (χ1n) is 10.4. The Morgan fingerprint density at radius 1 is 0.800 bits per heavy atom. The zero-order valence-electron chi connectivity index (χ0n) is 17.6. The van der Waals surface area contributed by atoms with Crippen LogP contribution in [0.4, 0.5) is 5.69 Å². The largest absolute Gasteiger partial charge is 0.379 e. The average Bonchev–Trinajstić information content (AvgIpc) is 2.81. The van der Waals surface area contributed by atoms with Crippen LogP contribution >= 0.6 is 7.14 Å². The minimum Gasteiger partial charge on any atom is -0.379 e. The lowest BCUT2D eigenvalue weighted by molar-refractivity contribution is 0.0308. The number of hydrogen-bond acceptors (Lipinski definition) is 4. The Morgan fingerprint density at radius 2 is 1.30 bits per heavy atom. The Bertz CT molecular complexity index is 941. The molecule has 1 heterocycles. The third kappa shape index (κ3) is 4.09. The maximum Gasteiger partial charge on any atom is 0.163 e. The molecule has 3 aromatic rings. The SMILES string of the molecule is CN(C)c1ccc([C@H](N2CCOCC2)P(=O)(c2ccccc2)c2ccccc2)cc1. The molecule has 0 bridgehead atoms. The molecule has 4 nitrogen and oxygen atoms in total. The predicted molar refractivity (Wildman–Crippen MR) is 126 cm³/mol. The number of morpholine rings is 1. The molecule has 0 unspecified atom stereocenters. The molecule has 0 saturated carbocycles. The van der Waals surface area contributed by atoms with Crippen LogP contribution < -0.4 is 15.5 Å². The second kappa shape index (κ2) is 9.18. The summed E-state index contributed by atoms with van der Waals surface area (Å²) in [5.41, 5.74) is 2.22. The van der Waals surface area contributed by atoms with Crippen LogP contribution in [0, 0.1) is 0 Å². The van der Waals surface area contributed by atoms with Crippen molar-refractivity contribution in [3.63, 3.8) is 0 Å². The van der Waals surface area contributed by atoms with E-state index >= 15 is 4.57 Å². The molecule has 30 heavy (non-hydrogen) atoms. The van der Waals surface area contributed by atoms with Gasteiger partial charge in [-0.1, -0.05) is 72.8 Å². The summed E-state index contributed by atoms with van der Waals surface area (Å²) >= 11 is 0. The van der Waals surface area contributed by atoms with Crippen molar-refractivity contribution in [1.29, 1.82) is 0 Å². The maximum atomic E-state index is 15.1. The van der Waals surface area contributed by atoms with E-state index in [1.54, 1.807) is 0 Å². The van der Waals surface area contributed by atoms with E-state index in [0.717, 1.165) is 34.9 Å². The number of hydrogen-bond donors (Lipinski definition) is 0. The lowest BCUT2D eigenvalue weighted by atomic mass is 10.1. The molecule has 0 N–H and O–H groups in total. The zero-order valence-corrected chi connectivity index (χ0v) is 18.5. The summed E-state index contributed by atoms with van der Waals surface area (Å²) in [6.07, 6.45) is 0. The Morgan fingerprint density at radius 3 is 1.77 bits per heavy atom. The molecule has 0 radical (unpaired) electrons. The molecule has 1 atom stereocenters.